The van der Waals surface area contributed by atoms with Gasteiger partial charge in [-0.05, 0) is 25.7 Å². The number of unbranched alkanes of at least 4 members (excludes halogenated alkanes) is 58. The van der Waals surface area contributed by atoms with Crippen LogP contribution in [0.4, 0.5) is 0 Å². The highest BCUT2D eigenvalue weighted by molar-refractivity contribution is 5.76. The summed E-state index contributed by atoms with van der Waals surface area (Å²) in [5.41, 5.74) is 0. The number of carbonyl (C=O) groups is 2. The first-order chi connectivity index (χ1) is 38.5. The Hall–Kier alpha value is -1.14. The number of hydrogen-bond acceptors (Lipinski definition) is 5. The Balaban J connectivity index is 3.35. The SMILES string of the molecule is CCCCCCCCCCCCCCCCCCCCCCCCC(O)C(CO)NC(=O)CCCCCCCCCCCCCCCCCCCCCCCCCCOC(=O)CCCCCCCCCCCCCCCCC. The lowest BCUT2D eigenvalue weighted by atomic mass is 10.0. The molecule has 0 radical (unpaired) electrons. The minimum absolute atomic E-state index is 0.0200. The van der Waals surface area contributed by atoms with E-state index in [9.17, 15) is 19.8 Å². The van der Waals surface area contributed by atoms with Crippen LogP contribution in [-0.2, 0) is 14.3 Å². The molecule has 0 rings (SSSR count). The normalized spacial score (nSPS) is 12.4. The van der Waals surface area contributed by atoms with Gasteiger partial charge in [-0.1, -0.05) is 386 Å². The molecule has 3 N–H and O–H groups in total. The van der Waals surface area contributed by atoms with E-state index in [1.807, 2.05) is 0 Å². The summed E-state index contributed by atoms with van der Waals surface area (Å²) in [7, 11) is 0. The first kappa shape index (κ1) is 76.9. The van der Waals surface area contributed by atoms with Gasteiger partial charge in [0.1, 0.15) is 0 Å². The van der Waals surface area contributed by atoms with Crippen LogP contribution in [-0.4, -0.2) is 47.4 Å². The Morgan fingerprint density at radius 1 is 0.308 bits per heavy atom. The lowest BCUT2D eigenvalue weighted by Gasteiger charge is -2.22. The van der Waals surface area contributed by atoms with Gasteiger partial charge in [0.15, 0.2) is 0 Å². The summed E-state index contributed by atoms with van der Waals surface area (Å²) in [6, 6.07) is -0.541. The van der Waals surface area contributed by atoms with Crippen molar-refractivity contribution in [1.29, 1.82) is 0 Å². The van der Waals surface area contributed by atoms with Gasteiger partial charge < -0.3 is 20.3 Å². The molecule has 78 heavy (non-hydrogen) atoms. The van der Waals surface area contributed by atoms with Crippen LogP contribution >= 0.6 is 0 Å². The minimum atomic E-state index is -0.664. The average Bonchev–Trinajstić information content (AvgIpc) is 3.44. The molecule has 0 aromatic heterocycles. The molecule has 6 heteroatoms. The molecule has 0 fully saturated rings. The van der Waals surface area contributed by atoms with E-state index < -0.39 is 12.1 Å². The zero-order chi connectivity index (χ0) is 56.4. The fraction of sp³-hybridized carbons (Fsp3) is 0.972. The van der Waals surface area contributed by atoms with Gasteiger partial charge in [-0.25, -0.2) is 0 Å². The number of amides is 1. The van der Waals surface area contributed by atoms with Crippen LogP contribution in [0, 0.1) is 0 Å². The maximum Gasteiger partial charge on any atom is 0.305 e. The van der Waals surface area contributed by atoms with E-state index in [-0.39, 0.29) is 18.5 Å². The Kier molecular flexibility index (Phi) is 67.4. The molecule has 0 spiro atoms. The van der Waals surface area contributed by atoms with Crippen LogP contribution in [0.2, 0.25) is 0 Å². The average molecular weight is 1100 g/mol. The standard InChI is InChI=1S/C72H143NO5/c1-3-5-7-9-11-13-15-17-19-20-21-22-27-30-33-37-40-44-48-52-56-60-64-70(75)69(68-74)73-71(76)65-61-57-53-49-45-41-38-34-31-28-25-23-24-26-29-32-35-39-43-47-51-55-59-63-67-78-72(77)66-62-58-54-50-46-42-36-18-16-14-12-10-8-6-4-2/h69-70,74-75H,3-68H2,1-2H3,(H,73,76). The Labute approximate surface area is 489 Å². The summed E-state index contributed by atoms with van der Waals surface area (Å²) in [5.74, 6) is -0.00803. The maximum absolute atomic E-state index is 12.6. The van der Waals surface area contributed by atoms with Gasteiger partial charge in [-0.3, -0.25) is 9.59 Å². The molecule has 0 aromatic rings. The van der Waals surface area contributed by atoms with Crippen LogP contribution in [0.5, 0.6) is 0 Å². The molecule has 2 atom stereocenters. The van der Waals surface area contributed by atoms with Crippen molar-refractivity contribution in [1.82, 2.24) is 5.32 Å². The van der Waals surface area contributed by atoms with Gasteiger partial charge in [0.25, 0.3) is 0 Å². The summed E-state index contributed by atoms with van der Waals surface area (Å²) in [4.78, 5) is 24.6. The van der Waals surface area contributed by atoms with Crippen molar-refractivity contribution >= 4 is 11.9 Å². The fourth-order valence-electron chi connectivity index (χ4n) is 11.9. The van der Waals surface area contributed by atoms with Gasteiger partial charge in [0.05, 0.1) is 25.4 Å². The van der Waals surface area contributed by atoms with E-state index in [0.717, 1.165) is 38.5 Å². The Morgan fingerprint density at radius 2 is 0.526 bits per heavy atom. The van der Waals surface area contributed by atoms with E-state index in [0.29, 0.717) is 25.9 Å². The van der Waals surface area contributed by atoms with Crippen molar-refractivity contribution in [2.24, 2.45) is 0 Å². The number of nitrogens with one attached hydrogen (secondary N) is 1. The molecule has 0 aliphatic carbocycles. The summed E-state index contributed by atoms with van der Waals surface area (Å²) in [6.07, 6.45) is 83.0. The van der Waals surface area contributed by atoms with Crippen molar-refractivity contribution in [3.8, 4) is 0 Å². The topological polar surface area (TPSA) is 95.9 Å². The molecule has 0 bridgehead atoms. The Morgan fingerprint density at radius 3 is 0.782 bits per heavy atom. The number of aliphatic hydroxyl groups is 2. The second-order valence-electron chi connectivity index (χ2n) is 25.3. The lowest BCUT2D eigenvalue weighted by molar-refractivity contribution is -0.143. The molecule has 0 aromatic carbocycles. The van der Waals surface area contributed by atoms with Gasteiger partial charge in [0.2, 0.25) is 5.91 Å². The molecule has 0 saturated carbocycles. The summed E-state index contributed by atoms with van der Waals surface area (Å²) >= 11 is 0. The van der Waals surface area contributed by atoms with Crippen LogP contribution in [0.3, 0.4) is 0 Å². The predicted molar refractivity (Wildman–Crippen MR) is 343 cm³/mol. The third-order valence-electron chi connectivity index (χ3n) is 17.4. The minimum Gasteiger partial charge on any atom is -0.466 e. The van der Waals surface area contributed by atoms with Gasteiger partial charge >= 0.3 is 5.97 Å². The van der Waals surface area contributed by atoms with Gasteiger partial charge in [-0.15, -0.1) is 0 Å². The van der Waals surface area contributed by atoms with Crippen molar-refractivity contribution in [2.75, 3.05) is 13.2 Å². The molecular formula is C72H143NO5. The van der Waals surface area contributed by atoms with E-state index in [1.165, 1.54) is 353 Å². The van der Waals surface area contributed by atoms with Crippen molar-refractivity contribution in [3.05, 3.63) is 0 Å². The van der Waals surface area contributed by atoms with E-state index >= 15 is 0 Å². The van der Waals surface area contributed by atoms with Gasteiger partial charge in [-0.2, -0.15) is 0 Å². The molecule has 1 amide bonds. The van der Waals surface area contributed by atoms with Crippen LogP contribution in [0.25, 0.3) is 0 Å². The molecule has 2 unspecified atom stereocenters. The Bertz CT molecular complexity index is 1130. The zero-order valence-electron chi connectivity index (χ0n) is 53.4. The number of carbonyl (C=O) groups excluding carboxylic acids is 2. The van der Waals surface area contributed by atoms with Crippen LogP contribution < -0.4 is 5.32 Å². The first-order valence-corrected chi connectivity index (χ1v) is 36.3. The van der Waals surface area contributed by atoms with Crippen molar-refractivity contribution in [3.63, 3.8) is 0 Å². The van der Waals surface area contributed by atoms with E-state index in [2.05, 4.69) is 19.2 Å². The third-order valence-corrected chi connectivity index (χ3v) is 17.4. The fourth-order valence-corrected chi connectivity index (χ4v) is 11.9. The van der Waals surface area contributed by atoms with E-state index in [4.69, 9.17) is 4.74 Å². The third kappa shape index (κ3) is 64.0. The lowest BCUT2D eigenvalue weighted by Crippen LogP contribution is -2.45. The largest absolute Gasteiger partial charge is 0.466 e. The highest BCUT2D eigenvalue weighted by atomic mass is 16.5. The van der Waals surface area contributed by atoms with Crippen molar-refractivity contribution in [2.45, 2.75) is 437 Å². The summed E-state index contributed by atoms with van der Waals surface area (Å²) < 4.78 is 5.50. The smallest absolute Gasteiger partial charge is 0.305 e. The van der Waals surface area contributed by atoms with Crippen LogP contribution in [0.15, 0.2) is 0 Å². The molecular weight excluding hydrogens is 959 g/mol. The second kappa shape index (κ2) is 68.4. The molecule has 6 nitrogen and oxygen atoms in total. The first-order valence-electron chi connectivity index (χ1n) is 36.3. The second-order valence-corrected chi connectivity index (χ2v) is 25.3. The number of aliphatic hydroxyl groups excluding tert-OH is 2. The van der Waals surface area contributed by atoms with Crippen molar-refractivity contribution < 1.29 is 24.5 Å². The number of rotatable bonds is 69. The summed E-state index contributed by atoms with van der Waals surface area (Å²) in [5, 5.41) is 23.4. The number of ether oxygens (including phenoxy) is 1. The molecule has 466 valence electrons. The quantitative estimate of drug-likeness (QED) is 0.0417. The molecule has 0 heterocycles. The highest BCUT2D eigenvalue weighted by Gasteiger charge is 2.20. The monoisotopic (exact) mass is 1100 g/mol. The highest BCUT2D eigenvalue weighted by Crippen LogP contribution is 2.20. The van der Waals surface area contributed by atoms with Crippen LogP contribution in [0.1, 0.15) is 425 Å². The molecule has 0 aliphatic heterocycles. The molecule has 0 aliphatic rings. The zero-order valence-corrected chi connectivity index (χ0v) is 53.4. The number of esters is 1. The van der Waals surface area contributed by atoms with Gasteiger partial charge in [0, 0.05) is 12.8 Å². The van der Waals surface area contributed by atoms with E-state index in [1.54, 1.807) is 0 Å². The predicted octanol–water partition coefficient (Wildman–Crippen LogP) is 23.4. The maximum atomic E-state index is 12.6. The number of hydrogen-bond donors (Lipinski definition) is 3. The molecule has 0 saturated heterocycles. The summed E-state index contributed by atoms with van der Waals surface area (Å²) in [6.45, 7) is 5.01.